The summed E-state index contributed by atoms with van der Waals surface area (Å²) in [7, 11) is 0. The first-order chi connectivity index (χ1) is 13.1. The lowest BCUT2D eigenvalue weighted by Gasteiger charge is -2.56. The van der Waals surface area contributed by atoms with Crippen molar-refractivity contribution in [1.82, 2.24) is 14.8 Å². The van der Waals surface area contributed by atoms with Crippen molar-refractivity contribution in [3.63, 3.8) is 0 Å². The van der Waals surface area contributed by atoms with Crippen LogP contribution in [0, 0.1) is 24.7 Å². The standard InChI is InChI=1S/C20H22F3N3O2/c1-10-17-14(20(21,22)23)5-15(24-18(17)26(25-10)9-16(27)28)19-6-11-2-12(7-19)4-13(3-11)8-19/h5,11-13H,2-4,6-9H2,1H3,(H,27,28). The molecule has 5 nitrogen and oxygen atoms in total. The fraction of sp³-hybridized carbons (Fsp3) is 0.650. The van der Waals surface area contributed by atoms with Crippen LogP contribution in [0.1, 0.15) is 55.5 Å². The number of nitrogens with zero attached hydrogens (tertiary/aromatic N) is 3. The Kier molecular flexibility index (Phi) is 3.65. The van der Waals surface area contributed by atoms with E-state index in [2.05, 4.69) is 10.1 Å². The maximum absolute atomic E-state index is 13.9. The fourth-order valence-electron chi connectivity index (χ4n) is 6.51. The Morgan fingerprint density at radius 2 is 1.79 bits per heavy atom. The zero-order valence-electron chi connectivity index (χ0n) is 15.6. The summed E-state index contributed by atoms with van der Waals surface area (Å²) in [5.41, 5.74) is -0.362. The van der Waals surface area contributed by atoms with Gasteiger partial charge in [-0.25, -0.2) is 9.67 Å². The van der Waals surface area contributed by atoms with E-state index in [-0.39, 0.29) is 22.1 Å². The molecular formula is C20H22F3N3O2. The van der Waals surface area contributed by atoms with E-state index in [1.165, 1.54) is 32.3 Å². The van der Waals surface area contributed by atoms with Gasteiger partial charge in [0.05, 0.1) is 16.6 Å². The summed E-state index contributed by atoms with van der Waals surface area (Å²) in [6, 6.07) is 1.23. The second kappa shape index (κ2) is 5.70. The Morgan fingerprint density at radius 3 is 2.29 bits per heavy atom. The monoisotopic (exact) mass is 393 g/mol. The van der Waals surface area contributed by atoms with Crippen LogP contribution in [0.15, 0.2) is 6.07 Å². The van der Waals surface area contributed by atoms with Crippen molar-refractivity contribution in [2.45, 2.75) is 63.6 Å². The van der Waals surface area contributed by atoms with Crippen LogP contribution in [-0.4, -0.2) is 25.8 Å². The van der Waals surface area contributed by atoms with Gasteiger partial charge in [0.1, 0.15) is 6.54 Å². The predicted octanol–water partition coefficient (Wildman–Crippen LogP) is 4.31. The zero-order chi connectivity index (χ0) is 19.8. The number of fused-ring (bicyclic) bond motifs is 1. The van der Waals surface area contributed by atoms with Crippen molar-refractivity contribution in [3.8, 4) is 0 Å². The molecule has 8 heteroatoms. The van der Waals surface area contributed by atoms with E-state index in [4.69, 9.17) is 5.11 Å². The van der Waals surface area contributed by atoms with Crippen molar-refractivity contribution < 1.29 is 23.1 Å². The molecule has 6 rings (SSSR count). The Morgan fingerprint density at radius 1 is 1.21 bits per heavy atom. The van der Waals surface area contributed by atoms with Crippen molar-refractivity contribution in [3.05, 3.63) is 23.0 Å². The lowest BCUT2D eigenvalue weighted by molar-refractivity contribution is -0.138. The summed E-state index contributed by atoms with van der Waals surface area (Å²) in [6.45, 7) is 0.973. The SMILES string of the molecule is Cc1nn(CC(=O)O)c2nc(C34CC5CC(CC(C5)C3)C4)cc(C(F)(F)F)c12. The number of carboxylic acids is 1. The van der Waals surface area contributed by atoms with Crippen LogP contribution in [0.2, 0.25) is 0 Å². The predicted molar refractivity (Wildman–Crippen MR) is 94.8 cm³/mol. The highest BCUT2D eigenvalue weighted by Gasteiger charge is 2.53. The molecule has 1 N–H and O–H groups in total. The van der Waals surface area contributed by atoms with Gasteiger partial charge >= 0.3 is 12.1 Å². The molecule has 2 aromatic rings. The van der Waals surface area contributed by atoms with Gasteiger partial charge in [-0.05, 0) is 69.3 Å². The number of pyridine rings is 1. The molecule has 0 unspecified atom stereocenters. The molecule has 0 aromatic carbocycles. The maximum atomic E-state index is 13.9. The first kappa shape index (κ1) is 17.9. The smallest absolute Gasteiger partial charge is 0.417 e. The van der Waals surface area contributed by atoms with Gasteiger partial charge in [-0.3, -0.25) is 4.79 Å². The number of aromatic nitrogens is 3. The number of halogens is 3. The molecule has 2 aromatic heterocycles. The summed E-state index contributed by atoms with van der Waals surface area (Å²) in [6.07, 6.45) is 1.68. The molecule has 0 amide bonds. The van der Waals surface area contributed by atoms with Crippen LogP contribution < -0.4 is 0 Å². The van der Waals surface area contributed by atoms with E-state index in [1.54, 1.807) is 0 Å². The summed E-state index contributed by atoms with van der Waals surface area (Å²) < 4.78 is 42.9. The average Bonchev–Trinajstić information content (AvgIpc) is 2.87. The Hall–Kier alpha value is -2.12. The van der Waals surface area contributed by atoms with Crippen LogP contribution in [-0.2, 0) is 22.9 Å². The normalized spacial score (nSPS) is 31.6. The molecule has 4 aliphatic carbocycles. The summed E-state index contributed by atoms with van der Waals surface area (Å²) in [5, 5.41) is 13.1. The van der Waals surface area contributed by atoms with Crippen molar-refractivity contribution >= 4 is 17.0 Å². The van der Waals surface area contributed by atoms with Crippen LogP contribution in [0.25, 0.3) is 11.0 Å². The molecule has 0 spiro atoms. The molecule has 4 aliphatic rings. The van der Waals surface area contributed by atoms with E-state index in [9.17, 15) is 18.0 Å². The van der Waals surface area contributed by atoms with Crippen molar-refractivity contribution in [1.29, 1.82) is 0 Å². The van der Waals surface area contributed by atoms with Gasteiger partial charge in [0.25, 0.3) is 0 Å². The number of carbonyl (C=O) groups is 1. The highest BCUT2D eigenvalue weighted by Crippen LogP contribution is 2.60. The molecule has 4 bridgehead atoms. The number of carboxylic acid groups (broad SMARTS) is 1. The third kappa shape index (κ3) is 2.63. The van der Waals surface area contributed by atoms with Crippen LogP contribution >= 0.6 is 0 Å². The van der Waals surface area contributed by atoms with Gasteiger partial charge in [-0.2, -0.15) is 18.3 Å². The third-order valence-corrected chi connectivity index (χ3v) is 7.05. The largest absolute Gasteiger partial charge is 0.480 e. The lowest BCUT2D eigenvalue weighted by atomic mass is 9.48. The van der Waals surface area contributed by atoms with Crippen molar-refractivity contribution in [2.75, 3.05) is 0 Å². The van der Waals surface area contributed by atoms with Gasteiger partial charge in [-0.15, -0.1) is 0 Å². The van der Waals surface area contributed by atoms with E-state index < -0.39 is 24.3 Å². The molecule has 0 saturated heterocycles. The minimum atomic E-state index is -4.54. The van der Waals surface area contributed by atoms with E-state index >= 15 is 0 Å². The highest BCUT2D eigenvalue weighted by molar-refractivity contribution is 5.84. The minimum absolute atomic E-state index is 0.0421. The molecule has 0 atom stereocenters. The van der Waals surface area contributed by atoms with Gasteiger partial charge in [0.15, 0.2) is 5.65 Å². The minimum Gasteiger partial charge on any atom is -0.480 e. The number of aryl methyl sites for hydroxylation is 1. The Balaban J connectivity index is 1.73. The Labute approximate surface area is 159 Å². The topological polar surface area (TPSA) is 68.0 Å². The number of alkyl halides is 3. The average molecular weight is 393 g/mol. The van der Waals surface area contributed by atoms with Gasteiger partial charge in [0, 0.05) is 11.1 Å². The zero-order valence-corrected chi connectivity index (χ0v) is 15.6. The quantitative estimate of drug-likeness (QED) is 0.844. The van der Waals surface area contributed by atoms with E-state index in [0.717, 1.165) is 23.9 Å². The maximum Gasteiger partial charge on any atom is 0.417 e. The van der Waals surface area contributed by atoms with Crippen LogP contribution in [0.4, 0.5) is 13.2 Å². The molecule has 0 aliphatic heterocycles. The van der Waals surface area contributed by atoms with Crippen molar-refractivity contribution in [2.24, 2.45) is 17.8 Å². The second-order valence-corrected chi connectivity index (χ2v) is 9.09. The van der Waals surface area contributed by atoms with E-state index in [0.29, 0.717) is 23.4 Å². The lowest BCUT2D eigenvalue weighted by Crippen LogP contribution is -2.49. The molecule has 150 valence electrons. The molecule has 28 heavy (non-hydrogen) atoms. The van der Waals surface area contributed by atoms with Gasteiger partial charge < -0.3 is 5.11 Å². The third-order valence-electron chi connectivity index (χ3n) is 7.05. The van der Waals surface area contributed by atoms with Crippen LogP contribution in [0.5, 0.6) is 0 Å². The fourth-order valence-corrected chi connectivity index (χ4v) is 6.51. The van der Waals surface area contributed by atoms with E-state index in [1.807, 2.05) is 0 Å². The number of hydrogen-bond acceptors (Lipinski definition) is 3. The molecule has 4 saturated carbocycles. The first-order valence-corrected chi connectivity index (χ1v) is 9.82. The molecule has 2 heterocycles. The van der Waals surface area contributed by atoms with Crippen LogP contribution in [0.3, 0.4) is 0 Å². The summed E-state index contributed by atoms with van der Waals surface area (Å²) >= 11 is 0. The molecular weight excluding hydrogens is 371 g/mol. The van der Waals surface area contributed by atoms with Gasteiger partial charge in [0.2, 0.25) is 0 Å². The Bertz CT molecular complexity index is 944. The summed E-state index contributed by atoms with van der Waals surface area (Å²) in [4.78, 5) is 15.8. The molecule has 4 fully saturated rings. The summed E-state index contributed by atoms with van der Waals surface area (Å²) in [5.74, 6) is 0.566. The van der Waals surface area contributed by atoms with Gasteiger partial charge in [-0.1, -0.05) is 0 Å². The number of hydrogen-bond donors (Lipinski definition) is 1. The number of rotatable bonds is 3. The molecule has 0 radical (unpaired) electrons. The second-order valence-electron chi connectivity index (χ2n) is 9.09. The number of aliphatic carboxylic acids is 1. The highest BCUT2D eigenvalue weighted by atomic mass is 19.4. The first-order valence-electron chi connectivity index (χ1n) is 9.82.